The standard InChI is InChI=1S/C11H14BrClO4S/c1-3-4-17-11-9(12)5-8(6-10(11)16-2)7-18(13,14)15/h5-6H,3-4,7H2,1-2H3. The summed E-state index contributed by atoms with van der Waals surface area (Å²) in [5, 5.41) is 0. The number of benzene rings is 1. The smallest absolute Gasteiger partial charge is 0.236 e. The number of ether oxygens (including phenoxy) is 2. The topological polar surface area (TPSA) is 52.6 Å². The van der Waals surface area contributed by atoms with Gasteiger partial charge in [-0.25, -0.2) is 8.42 Å². The van der Waals surface area contributed by atoms with Crippen LogP contribution in [-0.4, -0.2) is 22.1 Å². The lowest BCUT2D eigenvalue weighted by molar-refractivity contribution is 0.292. The Morgan fingerprint density at radius 2 is 2.06 bits per heavy atom. The molecule has 0 aliphatic carbocycles. The summed E-state index contributed by atoms with van der Waals surface area (Å²) in [6.07, 6.45) is 0.868. The highest BCUT2D eigenvalue weighted by atomic mass is 79.9. The van der Waals surface area contributed by atoms with Crippen molar-refractivity contribution in [2.45, 2.75) is 19.1 Å². The number of rotatable bonds is 6. The monoisotopic (exact) mass is 356 g/mol. The summed E-state index contributed by atoms with van der Waals surface area (Å²) in [5.74, 6) is 0.792. The second-order valence-electron chi connectivity index (χ2n) is 3.64. The Balaban J connectivity index is 3.10. The zero-order valence-electron chi connectivity index (χ0n) is 10.1. The molecule has 0 aliphatic heterocycles. The molecule has 1 rings (SSSR count). The summed E-state index contributed by atoms with van der Waals surface area (Å²) >= 11 is 3.33. The molecule has 0 amide bonds. The molecule has 0 aliphatic rings. The predicted octanol–water partition coefficient (Wildman–Crippen LogP) is 3.32. The van der Waals surface area contributed by atoms with Gasteiger partial charge in [-0.05, 0) is 40.0 Å². The lowest BCUT2D eigenvalue weighted by Crippen LogP contribution is -2.01. The normalized spacial score (nSPS) is 11.3. The Labute approximate surface area is 120 Å². The third kappa shape index (κ3) is 4.66. The van der Waals surface area contributed by atoms with Crippen LogP contribution in [0.1, 0.15) is 18.9 Å². The molecule has 0 heterocycles. The first kappa shape index (κ1) is 15.6. The Hall–Kier alpha value is -0.460. The van der Waals surface area contributed by atoms with Gasteiger partial charge in [-0.1, -0.05) is 6.92 Å². The van der Waals surface area contributed by atoms with E-state index in [9.17, 15) is 8.42 Å². The lowest BCUT2D eigenvalue weighted by atomic mass is 10.2. The fourth-order valence-corrected chi connectivity index (χ4v) is 2.95. The van der Waals surface area contributed by atoms with Crippen molar-refractivity contribution in [1.29, 1.82) is 0 Å². The molecular formula is C11H14BrClO4S. The average molecular weight is 358 g/mol. The van der Waals surface area contributed by atoms with Crippen LogP contribution < -0.4 is 9.47 Å². The third-order valence-corrected chi connectivity index (χ3v) is 3.67. The minimum Gasteiger partial charge on any atom is -0.493 e. The first-order valence-electron chi connectivity index (χ1n) is 5.29. The molecule has 102 valence electrons. The SMILES string of the molecule is CCCOc1c(Br)cc(CS(=O)(=O)Cl)cc1OC. The van der Waals surface area contributed by atoms with Gasteiger partial charge in [0.1, 0.15) is 0 Å². The third-order valence-electron chi connectivity index (χ3n) is 2.08. The van der Waals surface area contributed by atoms with E-state index in [1.165, 1.54) is 7.11 Å². The zero-order chi connectivity index (χ0) is 13.8. The Bertz CT molecular complexity index is 516. The van der Waals surface area contributed by atoms with E-state index in [0.29, 0.717) is 28.1 Å². The maximum atomic E-state index is 11.0. The van der Waals surface area contributed by atoms with Gasteiger partial charge < -0.3 is 9.47 Å². The van der Waals surface area contributed by atoms with Crippen molar-refractivity contribution < 1.29 is 17.9 Å². The van der Waals surface area contributed by atoms with E-state index in [-0.39, 0.29) is 5.75 Å². The van der Waals surface area contributed by atoms with E-state index in [4.69, 9.17) is 20.2 Å². The second kappa shape index (κ2) is 6.63. The van der Waals surface area contributed by atoms with Crippen molar-refractivity contribution in [3.8, 4) is 11.5 Å². The van der Waals surface area contributed by atoms with Crippen LogP contribution in [0.2, 0.25) is 0 Å². The average Bonchev–Trinajstić information content (AvgIpc) is 2.24. The van der Waals surface area contributed by atoms with Crippen LogP contribution in [0.3, 0.4) is 0 Å². The van der Waals surface area contributed by atoms with Crippen LogP contribution in [0.5, 0.6) is 11.5 Å². The molecule has 0 unspecified atom stereocenters. The van der Waals surface area contributed by atoms with Crippen LogP contribution in [0.25, 0.3) is 0 Å². The van der Waals surface area contributed by atoms with Gasteiger partial charge in [0.25, 0.3) is 0 Å². The van der Waals surface area contributed by atoms with E-state index in [2.05, 4.69) is 15.9 Å². The molecule has 1 aromatic rings. The maximum Gasteiger partial charge on any atom is 0.236 e. The van der Waals surface area contributed by atoms with Gasteiger partial charge in [0.05, 0.1) is 23.9 Å². The molecule has 1 aromatic carbocycles. The van der Waals surface area contributed by atoms with Crippen molar-refractivity contribution in [3.63, 3.8) is 0 Å². The number of hydrogen-bond donors (Lipinski definition) is 0. The van der Waals surface area contributed by atoms with E-state index in [1.54, 1.807) is 12.1 Å². The van der Waals surface area contributed by atoms with Crippen molar-refractivity contribution >= 4 is 35.7 Å². The molecular weight excluding hydrogens is 344 g/mol. The molecule has 0 N–H and O–H groups in total. The summed E-state index contributed by atoms with van der Waals surface area (Å²) in [6, 6.07) is 3.27. The molecule has 4 nitrogen and oxygen atoms in total. The highest BCUT2D eigenvalue weighted by molar-refractivity contribution is 9.10. The lowest BCUT2D eigenvalue weighted by Gasteiger charge is -2.13. The molecule has 0 aromatic heterocycles. The van der Waals surface area contributed by atoms with E-state index in [1.807, 2.05) is 6.92 Å². The van der Waals surface area contributed by atoms with Crippen LogP contribution in [0.15, 0.2) is 16.6 Å². The van der Waals surface area contributed by atoms with Crippen molar-refractivity contribution in [2.24, 2.45) is 0 Å². The maximum absolute atomic E-state index is 11.0. The molecule has 0 spiro atoms. The van der Waals surface area contributed by atoms with Gasteiger partial charge in [-0.15, -0.1) is 0 Å². The first-order chi connectivity index (χ1) is 8.37. The Morgan fingerprint density at radius 1 is 1.39 bits per heavy atom. The van der Waals surface area contributed by atoms with Crippen LogP contribution in [-0.2, 0) is 14.8 Å². The minimum atomic E-state index is -3.59. The number of methoxy groups -OCH3 is 1. The Morgan fingerprint density at radius 3 is 2.56 bits per heavy atom. The fourth-order valence-electron chi connectivity index (χ4n) is 1.40. The van der Waals surface area contributed by atoms with Crippen LogP contribution in [0, 0.1) is 0 Å². The van der Waals surface area contributed by atoms with Crippen LogP contribution in [0.4, 0.5) is 0 Å². The zero-order valence-corrected chi connectivity index (χ0v) is 13.2. The molecule has 0 fully saturated rings. The van der Waals surface area contributed by atoms with Gasteiger partial charge in [0.15, 0.2) is 11.5 Å². The number of hydrogen-bond acceptors (Lipinski definition) is 4. The molecule has 0 atom stereocenters. The van der Waals surface area contributed by atoms with Crippen molar-refractivity contribution in [1.82, 2.24) is 0 Å². The summed E-state index contributed by atoms with van der Waals surface area (Å²) in [4.78, 5) is 0. The van der Waals surface area contributed by atoms with Crippen LogP contribution >= 0.6 is 26.6 Å². The van der Waals surface area contributed by atoms with Gasteiger partial charge in [-0.3, -0.25) is 0 Å². The van der Waals surface area contributed by atoms with Gasteiger partial charge in [0, 0.05) is 10.7 Å². The summed E-state index contributed by atoms with van der Waals surface area (Å²) < 4.78 is 33.5. The van der Waals surface area contributed by atoms with Crippen molar-refractivity contribution in [3.05, 3.63) is 22.2 Å². The first-order valence-corrected chi connectivity index (χ1v) is 8.56. The van der Waals surface area contributed by atoms with E-state index >= 15 is 0 Å². The van der Waals surface area contributed by atoms with Gasteiger partial charge >= 0.3 is 0 Å². The van der Waals surface area contributed by atoms with Gasteiger partial charge in [0.2, 0.25) is 9.05 Å². The fraction of sp³-hybridized carbons (Fsp3) is 0.455. The highest BCUT2D eigenvalue weighted by Gasteiger charge is 2.15. The highest BCUT2D eigenvalue weighted by Crippen LogP contribution is 2.37. The number of halogens is 2. The summed E-state index contributed by atoms with van der Waals surface area (Å²) in [7, 11) is 3.13. The Kier molecular flexibility index (Phi) is 5.75. The predicted molar refractivity (Wildman–Crippen MR) is 75.0 cm³/mol. The van der Waals surface area contributed by atoms with E-state index < -0.39 is 9.05 Å². The molecule has 0 bridgehead atoms. The summed E-state index contributed by atoms with van der Waals surface area (Å²) in [5.41, 5.74) is 0.539. The molecule has 18 heavy (non-hydrogen) atoms. The molecule has 7 heteroatoms. The molecule has 0 saturated heterocycles. The van der Waals surface area contributed by atoms with Crippen molar-refractivity contribution in [2.75, 3.05) is 13.7 Å². The van der Waals surface area contributed by atoms with Gasteiger partial charge in [-0.2, -0.15) is 0 Å². The van der Waals surface area contributed by atoms with E-state index in [0.717, 1.165) is 6.42 Å². The minimum absolute atomic E-state index is 0.252. The second-order valence-corrected chi connectivity index (χ2v) is 7.27. The molecule has 0 radical (unpaired) electrons. The quantitative estimate of drug-likeness (QED) is 0.733. The summed E-state index contributed by atoms with van der Waals surface area (Å²) in [6.45, 7) is 2.55. The largest absolute Gasteiger partial charge is 0.493 e. The molecule has 0 saturated carbocycles.